The molecule has 2 aromatic carbocycles. The summed E-state index contributed by atoms with van der Waals surface area (Å²) in [5, 5.41) is -0.407. The van der Waals surface area contributed by atoms with Crippen molar-refractivity contribution >= 4 is 29.0 Å². The summed E-state index contributed by atoms with van der Waals surface area (Å²) < 4.78 is 19.2. The molecular weight excluding hydrogens is 353 g/mol. The Morgan fingerprint density at radius 3 is 2.54 bits per heavy atom. The zero-order chi connectivity index (χ0) is 18.5. The number of imide groups is 1. The van der Waals surface area contributed by atoms with Crippen LogP contribution < -0.4 is 4.74 Å². The van der Waals surface area contributed by atoms with Gasteiger partial charge in [-0.15, -0.1) is 0 Å². The molecule has 132 valence electrons. The summed E-state index contributed by atoms with van der Waals surface area (Å²) >= 11 is 0.851. The van der Waals surface area contributed by atoms with Crippen LogP contribution in [0.3, 0.4) is 0 Å². The predicted octanol–water partition coefficient (Wildman–Crippen LogP) is 4.63. The fourth-order valence-corrected chi connectivity index (χ4v) is 3.24. The normalized spacial score (nSPS) is 15.6. The van der Waals surface area contributed by atoms with Gasteiger partial charge in [-0.1, -0.05) is 43.0 Å². The highest BCUT2D eigenvalue weighted by Gasteiger charge is 2.35. The van der Waals surface area contributed by atoms with Gasteiger partial charge in [-0.05, 0) is 41.6 Å². The highest BCUT2D eigenvalue weighted by molar-refractivity contribution is 8.18. The third-order valence-electron chi connectivity index (χ3n) is 3.71. The molecule has 4 nitrogen and oxygen atoms in total. The zero-order valence-corrected chi connectivity index (χ0v) is 14.7. The summed E-state index contributed by atoms with van der Waals surface area (Å²) in [4.78, 5) is 26.0. The molecule has 1 fully saturated rings. The molecule has 3 rings (SSSR count). The van der Waals surface area contributed by atoms with Gasteiger partial charge in [0, 0.05) is 5.56 Å². The third-order valence-corrected chi connectivity index (χ3v) is 4.61. The number of ether oxygens (including phenoxy) is 1. The van der Waals surface area contributed by atoms with Crippen LogP contribution >= 0.6 is 11.8 Å². The molecule has 0 spiro atoms. The van der Waals surface area contributed by atoms with Gasteiger partial charge in [0.05, 0.1) is 11.4 Å². The average Bonchev–Trinajstić information content (AvgIpc) is 2.90. The van der Waals surface area contributed by atoms with Crippen molar-refractivity contribution in [2.24, 2.45) is 0 Å². The third kappa shape index (κ3) is 4.03. The fourth-order valence-electron chi connectivity index (χ4n) is 2.40. The number of benzene rings is 2. The SMILES string of the molecule is C=CCOc1ccc(/C=C2\SC(=O)N(Cc3ccccc3F)C2=O)cc1. The number of rotatable bonds is 6. The number of nitrogens with zero attached hydrogens (tertiary/aromatic N) is 1. The van der Waals surface area contributed by atoms with E-state index in [1.54, 1.807) is 54.6 Å². The van der Waals surface area contributed by atoms with Gasteiger partial charge >= 0.3 is 0 Å². The van der Waals surface area contributed by atoms with E-state index in [0.717, 1.165) is 22.2 Å². The minimum Gasteiger partial charge on any atom is -0.490 e. The molecule has 1 heterocycles. The molecule has 1 aliphatic heterocycles. The Labute approximate surface area is 155 Å². The lowest BCUT2D eigenvalue weighted by Crippen LogP contribution is -2.27. The smallest absolute Gasteiger partial charge is 0.293 e. The van der Waals surface area contributed by atoms with E-state index in [9.17, 15) is 14.0 Å². The zero-order valence-electron chi connectivity index (χ0n) is 13.9. The van der Waals surface area contributed by atoms with Crippen molar-refractivity contribution in [1.29, 1.82) is 0 Å². The molecule has 2 amide bonds. The molecule has 6 heteroatoms. The fraction of sp³-hybridized carbons (Fsp3) is 0.100. The van der Waals surface area contributed by atoms with E-state index < -0.39 is 17.0 Å². The first-order valence-corrected chi connectivity index (χ1v) is 8.72. The van der Waals surface area contributed by atoms with Crippen LogP contribution in [-0.2, 0) is 11.3 Å². The molecule has 1 aliphatic rings. The first-order valence-electron chi connectivity index (χ1n) is 7.91. The number of hydrogen-bond acceptors (Lipinski definition) is 4. The molecule has 0 unspecified atom stereocenters. The van der Waals surface area contributed by atoms with Gasteiger partial charge in [0.2, 0.25) is 0 Å². The summed E-state index contributed by atoms with van der Waals surface area (Å²) in [6.45, 7) is 3.92. The molecule has 26 heavy (non-hydrogen) atoms. The number of thioether (sulfide) groups is 1. The Morgan fingerprint density at radius 2 is 1.85 bits per heavy atom. The largest absolute Gasteiger partial charge is 0.490 e. The maximum Gasteiger partial charge on any atom is 0.293 e. The quantitative estimate of drug-likeness (QED) is 0.550. The molecule has 0 aliphatic carbocycles. The van der Waals surface area contributed by atoms with Crippen LogP contribution in [0, 0.1) is 5.82 Å². The standard InChI is InChI=1S/C20H16FNO3S/c1-2-11-25-16-9-7-14(8-10-16)12-18-19(23)22(20(24)26-18)13-15-5-3-4-6-17(15)21/h2-10,12H,1,11,13H2/b18-12-. The van der Waals surface area contributed by atoms with Crippen molar-refractivity contribution in [2.75, 3.05) is 6.61 Å². The topological polar surface area (TPSA) is 46.6 Å². The summed E-state index contributed by atoms with van der Waals surface area (Å²) in [6, 6.07) is 13.2. The van der Waals surface area contributed by atoms with Crippen LogP contribution in [0.2, 0.25) is 0 Å². The first-order chi connectivity index (χ1) is 12.6. The molecule has 0 saturated carbocycles. The van der Waals surface area contributed by atoms with Gasteiger partial charge in [0.25, 0.3) is 11.1 Å². The lowest BCUT2D eigenvalue weighted by Gasteiger charge is -2.12. The van der Waals surface area contributed by atoms with Gasteiger partial charge in [0.1, 0.15) is 18.2 Å². The lowest BCUT2D eigenvalue weighted by molar-refractivity contribution is -0.123. The molecule has 0 bridgehead atoms. The van der Waals surface area contributed by atoms with Crippen molar-refractivity contribution in [3.8, 4) is 5.75 Å². The second-order valence-electron chi connectivity index (χ2n) is 5.53. The summed E-state index contributed by atoms with van der Waals surface area (Å²) in [5.74, 6) is -0.171. The van der Waals surface area contributed by atoms with Crippen molar-refractivity contribution in [1.82, 2.24) is 4.90 Å². The minimum atomic E-state index is -0.439. The summed E-state index contributed by atoms with van der Waals surface area (Å²) in [6.07, 6.45) is 3.29. The van der Waals surface area contributed by atoms with Crippen molar-refractivity contribution in [3.05, 3.63) is 83.0 Å². The van der Waals surface area contributed by atoms with Gasteiger partial charge in [-0.25, -0.2) is 4.39 Å². The summed E-state index contributed by atoms with van der Waals surface area (Å²) in [7, 11) is 0. The second kappa shape index (κ2) is 8.01. The Morgan fingerprint density at radius 1 is 1.12 bits per heavy atom. The molecule has 0 N–H and O–H groups in total. The highest BCUT2D eigenvalue weighted by Crippen LogP contribution is 2.33. The minimum absolute atomic E-state index is 0.0803. The van der Waals surface area contributed by atoms with E-state index in [1.165, 1.54) is 6.07 Å². The number of halogens is 1. The van der Waals surface area contributed by atoms with Gasteiger partial charge in [0.15, 0.2) is 0 Å². The van der Waals surface area contributed by atoms with Gasteiger partial charge in [-0.3, -0.25) is 14.5 Å². The van der Waals surface area contributed by atoms with E-state index in [1.807, 2.05) is 0 Å². The molecule has 2 aromatic rings. The van der Waals surface area contributed by atoms with Gasteiger partial charge in [-0.2, -0.15) is 0 Å². The first kappa shape index (κ1) is 17.9. The number of carbonyl (C=O) groups is 2. The molecule has 0 radical (unpaired) electrons. The van der Waals surface area contributed by atoms with Crippen LogP contribution in [0.1, 0.15) is 11.1 Å². The monoisotopic (exact) mass is 369 g/mol. The molecular formula is C20H16FNO3S. The highest BCUT2D eigenvalue weighted by atomic mass is 32.2. The van der Waals surface area contributed by atoms with Gasteiger partial charge < -0.3 is 4.74 Å². The van der Waals surface area contributed by atoms with Crippen LogP contribution in [0.4, 0.5) is 9.18 Å². The van der Waals surface area contributed by atoms with E-state index in [0.29, 0.717) is 22.8 Å². The molecule has 0 atom stereocenters. The maximum absolute atomic E-state index is 13.8. The van der Waals surface area contributed by atoms with Crippen LogP contribution in [0.25, 0.3) is 6.08 Å². The Kier molecular flexibility index (Phi) is 5.53. The Balaban J connectivity index is 1.74. The Bertz CT molecular complexity index is 877. The maximum atomic E-state index is 13.8. The van der Waals surface area contributed by atoms with Crippen molar-refractivity contribution < 1.29 is 18.7 Å². The number of hydrogen-bond donors (Lipinski definition) is 0. The van der Waals surface area contributed by atoms with Crippen LogP contribution in [-0.4, -0.2) is 22.7 Å². The lowest BCUT2D eigenvalue weighted by atomic mass is 10.2. The van der Waals surface area contributed by atoms with E-state index >= 15 is 0 Å². The number of carbonyl (C=O) groups excluding carboxylic acids is 2. The Hall–Kier alpha value is -2.86. The van der Waals surface area contributed by atoms with E-state index in [-0.39, 0.29) is 6.54 Å². The predicted molar refractivity (Wildman–Crippen MR) is 100 cm³/mol. The van der Waals surface area contributed by atoms with Crippen LogP contribution in [0.5, 0.6) is 5.75 Å². The second-order valence-corrected chi connectivity index (χ2v) is 6.52. The van der Waals surface area contributed by atoms with Crippen molar-refractivity contribution in [3.63, 3.8) is 0 Å². The number of amides is 2. The van der Waals surface area contributed by atoms with Crippen molar-refractivity contribution in [2.45, 2.75) is 6.54 Å². The molecule has 1 saturated heterocycles. The van der Waals surface area contributed by atoms with Crippen LogP contribution in [0.15, 0.2) is 66.1 Å². The average molecular weight is 369 g/mol. The van der Waals surface area contributed by atoms with E-state index in [4.69, 9.17) is 4.74 Å². The summed E-state index contributed by atoms with van der Waals surface area (Å²) in [5.41, 5.74) is 1.08. The van der Waals surface area contributed by atoms with E-state index in [2.05, 4.69) is 6.58 Å². The molecule has 0 aromatic heterocycles.